The average Bonchev–Trinajstić information content (AvgIpc) is 2.46. The van der Waals surface area contributed by atoms with Crippen LogP contribution in [0.25, 0.3) is 0 Å². The predicted octanol–water partition coefficient (Wildman–Crippen LogP) is 3.67. The molecular weight excluding hydrogens is 238 g/mol. The molecule has 1 saturated carbocycles. The maximum Gasteiger partial charge on any atom is 0.326 e. The summed E-state index contributed by atoms with van der Waals surface area (Å²) < 4.78 is 5.09. The molecule has 0 spiro atoms. The third-order valence-electron chi connectivity index (χ3n) is 4.66. The molecule has 1 N–H and O–H groups in total. The van der Waals surface area contributed by atoms with E-state index in [9.17, 15) is 4.79 Å². The van der Waals surface area contributed by atoms with Gasteiger partial charge >= 0.3 is 5.97 Å². The maximum absolute atomic E-state index is 12.3. The zero-order valence-corrected chi connectivity index (χ0v) is 13.1. The quantitative estimate of drug-likeness (QED) is 0.717. The van der Waals surface area contributed by atoms with Crippen molar-refractivity contribution < 1.29 is 9.53 Å². The molecule has 0 aromatic carbocycles. The Kier molecular flexibility index (Phi) is 6.84. The lowest BCUT2D eigenvalue weighted by atomic mass is 9.82. The first kappa shape index (κ1) is 16.5. The van der Waals surface area contributed by atoms with Crippen molar-refractivity contribution in [2.45, 2.75) is 83.7 Å². The lowest BCUT2D eigenvalue weighted by Crippen LogP contribution is -2.57. The predicted molar refractivity (Wildman–Crippen MR) is 79.1 cm³/mol. The van der Waals surface area contributed by atoms with E-state index in [2.05, 4.69) is 26.1 Å². The Morgan fingerprint density at radius 2 is 1.95 bits per heavy atom. The fraction of sp³-hybridized carbons (Fsp3) is 0.938. The van der Waals surface area contributed by atoms with Gasteiger partial charge in [0.05, 0.1) is 7.11 Å². The van der Waals surface area contributed by atoms with Crippen LogP contribution in [0.1, 0.15) is 72.1 Å². The molecule has 0 saturated heterocycles. The number of ether oxygens (including phenoxy) is 1. The van der Waals surface area contributed by atoms with Crippen LogP contribution in [0.3, 0.4) is 0 Å². The molecule has 0 heterocycles. The lowest BCUT2D eigenvalue weighted by Gasteiger charge is -2.38. The van der Waals surface area contributed by atoms with E-state index < -0.39 is 5.54 Å². The van der Waals surface area contributed by atoms with Crippen LogP contribution in [-0.2, 0) is 9.53 Å². The highest BCUT2D eigenvalue weighted by Gasteiger charge is 2.40. The van der Waals surface area contributed by atoms with Crippen molar-refractivity contribution in [3.63, 3.8) is 0 Å². The van der Waals surface area contributed by atoms with Crippen molar-refractivity contribution in [2.24, 2.45) is 5.92 Å². The van der Waals surface area contributed by atoms with Crippen molar-refractivity contribution in [3.05, 3.63) is 0 Å². The Labute approximate surface area is 118 Å². The maximum atomic E-state index is 12.3. The lowest BCUT2D eigenvalue weighted by molar-refractivity contribution is -0.150. The second kappa shape index (κ2) is 7.88. The van der Waals surface area contributed by atoms with Gasteiger partial charge in [0.1, 0.15) is 5.54 Å². The van der Waals surface area contributed by atoms with Gasteiger partial charge in [0.15, 0.2) is 0 Å². The van der Waals surface area contributed by atoms with Crippen LogP contribution in [0, 0.1) is 5.92 Å². The van der Waals surface area contributed by atoms with Gasteiger partial charge in [0.25, 0.3) is 0 Å². The van der Waals surface area contributed by atoms with Gasteiger partial charge in [-0.05, 0) is 31.6 Å². The van der Waals surface area contributed by atoms with E-state index in [-0.39, 0.29) is 5.97 Å². The van der Waals surface area contributed by atoms with Gasteiger partial charge in [0.2, 0.25) is 0 Å². The van der Waals surface area contributed by atoms with Crippen LogP contribution in [-0.4, -0.2) is 24.7 Å². The minimum Gasteiger partial charge on any atom is -0.468 e. The molecule has 0 amide bonds. The van der Waals surface area contributed by atoms with E-state index in [0.717, 1.165) is 19.3 Å². The molecule has 0 aliphatic heterocycles. The number of hydrogen-bond acceptors (Lipinski definition) is 3. The molecule has 1 aliphatic carbocycles. The van der Waals surface area contributed by atoms with Gasteiger partial charge < -0.3 is 4.74 Å². The summed E-state index contributed by atoms with van der Waals surface area (Å²) in [5.74, 6) is 0.455. The van der Waals surface area contributed by atoms with Crippen molar-refractivity contribution in [1.82, 2.24) is 5.32 Å². The normalized spacial score (nSPS) is 21.7. The first-order chi connectivity index (χ1) is 9.07. The number of nitrogens with one attached hydrogen (secondary N) is 1. The Hall–Kier alpha value is -0.570. The van der Waals surface area contributed by atoms with E-state index in [1.165, 1.54) is 39.2 Å². The molecule has 1 fully saturated rings. The summed E-state index contributed by atoms with van der Waals surface area (Å²) >= 11 is 0. The van der Waals surface area contributed by atoms with Gasteiger partial charge in [-0.2, -0.15) is 0 Å². The standard InChI is InChI=1S/C16H31NO2/c1-5-13(3)12-16(6-2,15(18)19-4)17-14-10-8-7-9-11-14/h13-14,17H,5-12H2,1-4H3. The Morgan fingerprint density at radius 1 is 1.32 bits per heavy atom. The highest BCUT2D eigenvalue weighted by atomic mass is 16.5. The molecule has 3 nitrogen and oxygen atoms in total. The summed E-state index contributed by atoms with van der Waals surface area (Å²) in [5.41, 5.74) is -0.480. The smallest absolute Gasteiger partial charge is 0.326 e. The summed E-state index contributed by atoms with van der Waals surface area (Å²) in [6.45, 7) is 6.49. The molecule has 0 bridgehead atoms. The summed E-state index contributed by atoms with van der Waals surface area (Å²) in [6, 6.07) is 0.483. The van der Waals surface area contributed by atoms with Crippen LogP contribution in [0.4, 0.5) is 0 Å². The molecule has 3 heteroatoms. The van der Waals surface area contributed by atoms with Gasteiger partial charge in [-0.15, -0.1) is 0 Å². The Bertz CT molecular complexity index is 274. The molecule has 2 atom stereocenters. The molecule has 0 aromatic rings. The molecule has 112 valence electrons. The van der Waals surface area contributed by atoms with Crippen LogP contribution >= 0.6 is 0 Å². The molecule has 0 radical (unpaired) electrons. The van der Waals surface area contributed by atoms with Crippen molar-refractivity contribution in [3.8, 4) is 0 Å². The van der Waals surface area contributed by atoms with Crippen molar-refractivity contribution in [1.29, 1.82) is 0 Å². The minimum atomic E-state index is -0.480. The fourth-order valence-corrected chi connectivity index (χ4v) is 3.16. The molecular formula is C16H31NO2. The summed E-state index contributed by atoms with van der Waals surface area (Å²) in [4.78, 5) is 12.3. The molecule has 2 unspecified atom stereocenters. The number of hydrogen-bond donors (Lipinski definition) is 1. The topological polar surface area (TPSA) is 38.3 Å². The summed E-state index contributed by atoms with van der Waals surface area (Å²) in [7, 11) is 1.51. The average molecular weight is 269 g/mol. The van der Waals surface area contributed by atoms with E-state index in [0.29, 0.717) is 12.0 Å². The van der Waals surface area contributed by atoms with E-state index >= 15 is 0 Å². The summed E-state index contributed by atoms with van der Waals surface area (Å²) in [5, 5.41) is 3.66. The first-order valence-electron chi connectivity index (χ1n) is 7.94. The molecule has 1 aliphatic rings. The first-order valence-corrected chi connectivity index (χ1v) is 7.94. The third kappa shape index (κ3) is 4.48. The van der Waals surface area contributed by atoms with E-state index in [1.54, 1.807) is 0 Å². The highest BCUT2D eigenvalue weighted by molar-refractivity contribution is 5.80. The zero-order valence-electron chi connectivity index (χ0n) is 13.1. The van der Waals surface area contributed by atoms with Gasteiger partial charge in [-0.3, -0.25) is 10.1 Å². The fourth-order valence-electron chi connectivity index (χ4n) is 3.16. The third-order valence-corrected chi connectivity index (χ3v) is 4.66. The number of carbonyl (C=O) groups excluding carboxylic acids is 1. The highest BCUT2D eigenvalue weighted by Crippen LogP contribution is 2.28. The Balaban J connectivity index is 2.78. The van der Waals surface area contributed by atoms with Crippen molar-refractivity contribution in [2.75, 3.05) is 7.11 Å². The van der Waals surface area contributed by atoms with Crippen molar-refractivity contribution >= 4 is 5.97 Å². The number of esters is 1. The Morgan fingerprint density at radius 3 is 2.42 bits per heavy atom. The second-order valence-electron chi connectivity index (χ2n) is 6.12. The minimum absolute atomic E-state index is 0.0825. The summed E-state index contributed by atoms with van der Waals surface area (Å²) in [6.07, 6.45) is 9.07. The monoisotopic (exact) mass is 269 g/mol. The van der Waals surface area contributed by atoms with Gasteiger partial charge in [0, 0.05) is 6.04 Å². The van der Waals surface area contributed by atoms with Crippen LogP contribution < -0.4 is 5.32 Å². The number of rotatable bonds is 7. The van der Waals surface area contributed by atoms with E-state index in [4.69, 9.17) is 4.74 Å². The zero-order chi connectivity index (χ0) is 14.3. The second-order valence-corrected chi connectivity index (χ2v) is 6.12. The number of carbonyl (C=O) groups is 1. The van der Waals surface area contributed by atoms with Crippen LogP contribution in [0.5, 0.6) is 0 Å². The van der Waals surface area contributed by atoms with Gasteiger partial charge in [-0.25, -0.2) is 0 Å². The van der Waals surface area contributed by atoms with Crippen LogP contribution in [0.15, 0.2) is 0 Å². The SMILES string of the molecule is CCC(C)CC(CC)(NC1CCCCC1)C(=O)OC. The molecule has 1 rings (SSSR count). The van der Waals surface area contributed by atoms with Gasteiger partial charge in [-0.1, -0.05) is 46.5 Å². The molecule has 19 heavy (non-hydrogen) atoms. The molecule has 0 aromatic heterocycles. The van der Waals surface area contributed by atoms with E-state index in [1.807, 2.05) is 0 Å². The number of methoxy groups -OCH3 is 1. The van der Waals surface area contributed by atoms with Crippen LogP contribution in [0.2, 0.25) is 0 Å². The largest absolute Gasteiger partial charge is 0.468 e.